The Morgan fingerprint density at radius 1 is 1.00 bits per heavy atom. The fraction of sp³-hybridized carbons (Fsp3) is 0.182. The van der Waals surface area contributed by atoms with Gasteiger partial charge >= 0.3 is 5.97 Å². The molecular formula is C22H19NO3S. The summed E-state index contributed by atoms with van der Waals surface area (Å²) in [6, 6.07) is 18.6. The van der Waals surface area contributed by atoms with Crippen LogP contribution in [0.15, 0.2) is 60.7 Å². The third kappa shape index (κ3) is 3.38. The van der Waals surface area contributed by atoms with Crippen molar-refractivity contribution in [3.63, 3.8) is 0 Å². The number of rotatable bonds is 4. The molecule has 0 saturated carbocycles. The van der Waals surface area contributed by atoms with E-state index in [1.807, 2.05) is 36.4 Å². The van der Waals surface area contributed by atoms with Crippen LogP contribution in [0.1, 0.15) is 32.4 Å². The van der Waals surface area contributed by atoms with Crippen LogP contribution >= 0.6 is 11.3 Å². The maximum absolute atomic E-state index is 12.9. The van der Waals surface area contributed by atoms with Crippen molar-refractivity contribution in [3.05, 3.63) is 82.2 Å². The van der Waals surface area contributed by atoms with E-state index in [9.17, 15) is 9.59 Å². The zero-order valence-electron chi connectivity index (χ0n) is 14.9. The molecule has 5 heteroatoms. The number of esters is 1. The molecule has 0 aliphatic heterocycles. The highest BCUT2D eigenvalue weighted by molar-refractivity contribution is 7.17. The predicted molar refractivity (Wildman–Crippen MR) is 106 cm³/mol. The molecule has 0 saturated heterocycles. The fourth-order valence-electron chi connectivity index (χ4n) is 3.43. The highest BCUT2D eigenvalue weighted by Crippen LogP contribution is 2.39. The number of carbonyl (C=O) groups is 2. The minimum absolute atomic E-state index is 0.258. The first kappa shape index (κ1) is 17.5. The highest BCUT2D eigenvalue weighted by Gasteiger charge is 2.26. The Hall–Kier alpha value is -2.92. The molecule has 1 aliphatic rings. The molecule has 4 nitrogen and oxygen atoms in total. The highest BCUT2D eigenvalue weighted by atomic mass is 32.1. The van der Waals surface area contributed by atoms with E-state index in [2.05, 4.69) is 17.4 Å². The number of hydrogen-bond donors (Lipinski definition) is 1. The lowest BCUT2D eigenvalue weighted by Crippen LogP contribution is -2.34. The SMILES string of the molecule is COC(=O)C(NC(=O)c1cc2c(s1)-c1ccccc1CC2)c1ccccc1. The number of fused-ring (bicyclic) bond motifs is 3. The Kier molecular flexibility index (Phi) is 4.77. The van der Waals surface area contributed by atoms with Gasteiger partial charge in [0.2, 0.25) is 0 Å². The molecule has 1 heterocycles. The van der Waals surface area contributed by atoms with Crippen LogP contribution in [0, 0.1) is 0 Å². The maximum Gasteiger partial charge on any atom is 0.333 e. The normalized spacial score (nSPS) is 13.2. The second-order valence-corrected chi connectivity index (χ2v) is 7.51. The van der Waals surface area contributed by atoms with Gasteiger partial charge in [0, 0.05) is 4.88 Å². The molecule has 3 aromatic rings. The molecular weight excluding hydrogens is 358 g/mol. The van der Waals surface area contributed by atoms with E-state index in [1.165, 1.54) is 35.1 Å². The molecule has 0 spiro atoms. The number of amides is 1. The van der Waals surface area contributed by atoms with E-state index in [0.717, 1.165) is 17.7 Å². The first-order valence-corrected chi connectivity index (χ1v) is 9.63. The zero-order chi connectivity index (χ0) is 18.8. The third-order valence-corrected chi connectivity index (χ3v) is 6.01. The van der Waals surface area contributed by atoms with Gasteiger partial charge in [-0.2, -0.15) is 0 Å². The molecule has 27 heavy (non-hydrogen) atoms. The molecule has 0 fully saturated rings. The van der Waals surface area contributed by atoms with Crippen LogP contribution in [0.2, 0.25) is 0 Å². The lowest BCUT2D eigenvalue weighted by Gasteiger charge is -2.16. The van der Waals surface area contributed by atoms with Crippen LogP contribution < -0.4 is 5.32 Å². The zero-order valence-corrected chi connectivity index (χ0v) is 15.7. The van der Waals surface area contributed by atoms with Crippen molar-refractivity contribution >= 4 is 23.2 Å². The summed E-state index contributed by atoms with van der Waals surface area (Å²) in [6.45, 7) is 0. The number of ether oxygens (including phenoxy) is 1. The summed E-state index contributed by atoms with van der Waals surface area (Å²) >= 11 is 1.48. The molecule has 1 aliphatic carbocycles. The molecule has 2 aromatic carbocycles. The summed E-state index contributed by atoms with van der Waals surface area (Å²) in [4.78, 5) is 26.8. The van der Waals surface area contributed by atoms with E-state index in [4.69, 9.17) is 4.74 Å². The van der Waals surface area contributed by atoms with Crippen LogP contribution in [-0.4, -0.2) is 19.0 Å². The smallest absolute Gasteiger partial charge is 0.333 e. The lowest BCUT2D eigenvalue weighted by molar-refractivity contribution is -0.143. The standard InChI is InChI=1S/C22H19NO3S/c1-26-22(25)19(15-8-3-2-4-9-15)23-21(24)18-13-16-12-11-14-7-5-6-10-17(14)20(16)27-18/h2-10,13,19H,11-12H2,1H3,(H,23,24). The minimum atomic E-state index is -0.824. The number of nitrogens with one attached hydrogen (secondary N) is 1. The van der Waals surface area contributed by atoms with Gasteiger partial charge in [-0.05, 0) is 41.2 Å². The Morgan fingerprint density at radius 2 is 1.70 bits per heavy atom. The molecule has 1 N–H and O–H groups in total. The van der Waals surface area contributed by atoms with Gasteiger partial charge in [0.15, 0.2) is 6.04 Å². The largest absolute Gasteiger partial charge is 0.467 e. The number of hydrogen-bond acceptors (Lipinski definition) is 4. The second kappa shape index (κ2) is 7.37. The Balaban J connectivity index is 1.62. The van der Waals surface area contributed by atoms with Crippen LogP contribution in [0.4, 0.5) is 0 Å². The van der Waals surface area contributed by atoms with Gasteiger partial charge in [-0.1, -0.05) is 54.6 Å². The number of carbonyl (C=O) groups excluding carboxylic acids is 2. The van der Waals surface area contributed by atoms with Crippen molar-refractivity contribution < 1.29 is 14.3 Å². The van der Waals surface area contributed by atoms with E-state index in [1.54, 1.807) is 12.1 Å². The van der Waals surface area contributed by atoms with Crippen molar-refractivity contribution in [1.29, 1.82) is 0 Å². The average Bonchev–Trinajstić information content (AvgIpc) is 3.17. The van der Waals surface area contributed by atoms with Gasteiger partial charge in [-0.15, -0.1) is 11.3 Å². The van der Waals surface area contributed by atoms with Crippen LogP contribution in [-0.2, 0) is 22.4 Å². The quantitative estimate of drug-likeness (QED) is 0.695. The summed E-state index contributed by atoms with van der Waals surface area (Å²) in [5.74, 6) is -0.743. The Labute approximate surface area is 161 Å². The van der Waals surface area contributed by atoms with Crippen LogP contribution in [0.5, 0.6) is 0 Å². The molecule has 0 radical (unpaired) electrons. The second-order valence-electron chi connectivity index (χ2n) is 6.46. The molecule has 1 amide bonds. The van der Waals surface area contributed by atoms with Crippen LogP contribution in [0.25, 0.3) is 10.4 Å². The van der Waals surface area contributed by atoms with Gasteiger partial charge in [-0.3, -0.25) is 4.79 Å². The third-order valence-electron chi connectivity index (χ3n) is 4.80. The van der Waals surface area contributed by atoms with Gasteiger partial charge < -0.3 is 10.1 Å². The average molecular weight is 377 g/mol. The van der Waals surface area contributed by atoms with E-state index < -0.39 is 12.0 Å². The molecule has 4 rings (SSSR count). The van der Waals surface area contributed by atoms with Crippen LogP contribution in [0.3, 0.4) is 0 Å². The topological polar surface area (TPSA) is 55.4 Å². The first-order valence-electron chi connectivity index (χ1n) is 8.82. The summed E-state index contributed by atoms with van der Waals surface area (Å²) in [5, 5.41) is 2.83. The molecule has 1 atom stereocenters. The lowest BCUT2D eigenvalue weighted by atomic mass is 9.91. The van der Waals surface area contributed by atoms with Gasteiger partial charge in [0.25, 0.3) is 5.91 Å². The Morgan fingerprint density at radius 3 is 2.48 bits per heavy atom. The van der Waals surface area contributed by atoms with Gasteiger partial charge in [-0.25, -0.2) is 4.79 Å². The summed E-state index contributed by atoms with van der Waals surface area (Å²) in [6.07, 6.45) is 1.91. The van der Waals surface area contributed by atoms with Crippen molar-refractivity contribution in [2.24, 2.45) is 0 Å². The first-order chi connectivity index (χ1) is 13.2. The van der Waals surface area contributed by atoms with E-state index in [0.29, 0.717) is 10.4 Å². The van der Waals surface area contributed by atoms with Gasteiger partial charge in [0.05, 0.1) is 12.0 Å². The summed E-state index contributed by atoms with van der Waals surface area (Å²) in [7, 11) is 1.32. The molecule has 1 aromatic heterocycles. The van der Waals surface area contributed by atoms with E-state index >= 15 is 0 Å². The predicted octanol–water partition coefficient (Wildman–Crippen LogP) is 4.16. The molecule has 136 valence electrons. The van der Waals surface area contributed by atoms with Crippen molar-refractivity contribution in [3.8, 4) is 10.4 Å². The van der Waals surface area contributed by atoms with Crippen molar-refractivity contribution in [1.82, 2.24) is 5.32 Å². The number of methoxy groups -OCH3 is 1. The molecule has 0 bridgehead atoms. The maximum atomic E-state index is 12.9. The summed E-state index contributed by atoms with van der Waals surface area (Å²) < 4.78 is 4.88. The molecule has 1 unspecified atom stereocenters. The fourth-order valence-corrected chi connectivity index (χ4v) is 4.60. The van der Waals surface area contributed by atoms with E-state index in [-0.39, 0.29) is 5.91 Å². The van der Waals surface area contributed by atoms with Crippen molar-refractivity contribution in [2.75, 3.05) is 7.11 Å². The number of thiophene rings is 1. The monoisotopic (exact) mass is 377 g/mol. The van der Waals surface area contributed by atoms with Crippen molar-refractivity contribution in [2.45, 2.75) is 18.9 Å². The number of benzene rings is 2. The summed E-state index contributed by atoms with van der Waals surface area (Å²) in [5.41, 5.74) is 4.41. The van der Waals surface area contributed by atoms with Gasteiger partial charge in [0.1, 0.15) is 0 Å². The number of aryl methyl sites for hydroxylation is 2. The minimum Gasteiger partial charge on any atom is -0.467 e. The Bertz CT molecular complexity index is 994.